The molecule has 0 aliphatic heterocycles. The second kappa shape index (κ2) is 5.53. The third-order valence-corrected chi connectivity index (χ3v) is 3.49. The molecule has 0 unspecified atom stereocenters. The first-order valence-corrected chi connectivity index (χ1v) is 7.21. The van der Waals surface area contributed by atoms with E-state index in [4.69, 9.17) is 21.4 Å². The molecular formula is C10H7ClF2N3O4P. The highest BCUT2D eigenvalue weighted by Crippen LogP contribution is 2.39. The maximum atomic E-state index is 13.4. The molecule has 21 heavy (non-hydrogen) atoms. The van der Waals surface area contributed by atoms with Crippen LogP contribution < -0.4 is 5.32 Å². The summed E-state index contributed by atoms with van der Waals surface area (Å²) in [6.07, 6.45) is 0. The predicted octanol–water partition coefficient (Wildman–Crippen LogP) is 2.01. The SMILES string of the molecule is O=C(Nc1ccc(F)cc1F)c1cc(Cl)n(P(=O)(O)O)n1. The molecule has 0 saturated heterocycles. The average molecular weight is 338 g/mol. The third kappa shape index (κ3) is 3.45. The van der Waals surface area contributed by atoms with Crippen molar-refractivity contribution in [1.82, 2.24) is 9.55 Å². The zero-order chi connectivity index (χ0) is 15.8. The maximum Gasteiger partial charge on any atom is 0.451 e. The highest BCUT2D eigenvalue weighted by Gasteiger charge is 2.24. The molecule has 1 amide bonds. The summed E-state index contributed by atoms with van der Waals surface area (Å²) in [7, 11) is -4.80. The second-order valence-electron chi connectivity index (χ2n) is 3.83. The van der Waals surface area contributed by atoms with Crippen molar-refractivity contribution in [3.05, 3.63) is 46.7 Å². The van der Waals surface area contributed by atoms with E-state index < -0.39 is 36.1 Å². The molecule has 0 bridgehead atoms. The van der Waals surface area contributed by atoms with Gasteiger partial charge in [-0.1, -0.05) is 11.6 Å². The van der Waals surface area contributed by atoms with E-state index in [1.165, 1.54) is 0 Å². The van der Waals surface area contributed by atoms with Crippen LogP contribution in [0.1, 0.15) is 10.5 Å². The minimum atomic E-state index is -4.80. The number of nitrogens with one attached hydrogen (secondary N) is 1. The molecule has 1 heterocycles. The lowest BCUT2D eigenvalue weighted by atomic mass is 10.3. The van der Waals surface area contributed by atoms with Crippen molar-refractivity contribution in [3.63, 3.8) is 0 Å². The number of hydrogen-bond donors (Lipinski definition) is 3. The van der Waals surface area contributed by atoms with Gasteiger partial charge in [0.15, 0.2) is 5.69 Å². The quantitative estimate of drug-likeness (QED) is 0.743. The van der Waals surface area contributed by atoms with Gasteiger partial charge in [0.05, 0.1) is 5.69 Å². The average Bonchev–Trinajstić information content (AvgIpc) is 2.75. The Morgan fingerprint density at radius 2 is 2.00 bits per heavy atom. The van der Waals surface area contributed by atoms with E-state index >= 15 is 0 Å². The predicted molar refractivity (Wildman–Crippen MR) is 69.0 cm³/mol. The zero-order valence-electron chi connectivity index (χ0n) is 10.00. The Hall–Kier alpha value is -1.80. The molecule has 0 aliphatic rings. The van der Waals surface area contributed by atoms with E-state index in [2.05, 4.69) is 10.4 Å². The number of amides is 1. The summed E-state index contributed by atoms with van der Waals surface area (Å²) >= 11 is 5.53. The number of benzene rings is 1. The van der Waals surface area contributed by atoms with Crippen molar-refractivity contribution in [1.29, 1.82) is 0 Å². The molecule has 0 fully saturated rings. The molecule has 0 atom stereocenters. The van der Waals surface area contributed by atoms with Crippen molar-refractivity contribution >= 4 is 30.9 Å². The number of carbonyl (C=O) groups is 1. The van der Waals surface area contributed by atoms with Crippen LogP contribution in [0, 0.1) is 11.6 Å². The first-order chi connectivity index (χ1) is 9.68. The van der Waals surface area contributed by atoms with Gasteiger partial charge in [-0.15, -0.1) is 0 Å². The Labute approximate surface area is 121 Å². The molecular weight excluding hydrogens is 331 g/mol. The summed E-state index contributed by atoms with van der Waals surface area (Å²) < 4.78 is 37.3. The van der Waals surface area contributed by atoms with Gasteiger partial charge in [0.1, 0.15) is 16.8 Å². The van der Waals surface area contributed by atoms with Gasteiger partial charge in [-0.2, -0.15) is 9.55 Å². The van der Waals surface area contributed by atoms with Crippen LogP contribution in [0.25, 0.3) is 0 Å². The van der Waals surface area contributed by atoms with Gasteiger partial charge in [-0.3, -0.25) is 4.79 Å². The topological polar surface area (TPSA) is 104 Å². The molecule has 3 N–H and O–H groups in total. The van der Waals surface area contributed by atoms with Crippen LogP contribution in [0.15, 0.2) is 24.3 Å². The lowest BCUT2D eigenvalue weighted by Gasteiger charge is -2.05. The monoisotopic (exact) mass is 337 g/mol. The molecule has 7 nitrogen and oxygen atoms in total. The fourth-order valence-electron chi connectivity index (χ4n) is 1.42. The fraction of sp³-hybridized carbons (Fsp3) is 0. The summed E-state index contributed by atoms with van der Waals surface area (Å²) in [5.74, 6) is -2.79. The lowest BCUT2D eigenvalue weighted by Crippen LogP contribution is -2.14. The van der Waals surface area contributed by atoms with Gasteiger partial charge in [0.2, 0.25) is 0 Å². The molecule has 2 rings (SSSR count). The highest BCUT2D eigenvalue weighted by molar-refractivity contribution is 7.50. The molecule has 11 heteroatoms. The molecule has 0 spiro atoms. The van der Waals surface area contributed by atoms with Crippen LogP contribution in [-0.4, -0.2) is 25.2 Å². The Bertz CT molecular complexity index is 761. The van der Waals surface area contributed by atoms with Gasteiger partial charge in [-0.05, 0) is 12.1 Å². The van der Waals surface area contributed by atoms with Crippen LogP contribution in [0.2, 0.25) is 5.15 Å². The molecule has 0 aliphatic carbocycles. The van der Waals surface area contributed by atoms with Crippen LogP contribution in [-0.2, 0) is 4.57 Å². The smallest absolute Gasteiger partial charge is 0.318 e. The van der Waals surface area contributed by atoms with Gasteiger partial charge in [0, 0.05) is 12.1 Å². The van der Waals surface area contributed by atoms with Crippen molar-refractivity contribution in [2.24, 2.45) is 0 Å². The molecule has 2 aromatic rings. The number of hydrogen-bond acceptors (Lipinski definition) is 3. The maximum absolute atomic E-state index is 13.4. The number of halogens is 3. The normalized spacial score (nSPS) is 11.5. The van der Waals surface area contributed by atoms with Gasteiger partial charge < -0.3 is 15.1 Å². The Balaban J connectivity index is 2.27. The van der Waals surface area contributed by atoms with Crippen LogP contribution in [0.4, 0.5) is 14.5 Å². The second-order valence-corrected chi connectivity index (χ2v) is 5.63. The van der Waals surface area contributed by atoms with Gasteiger partial charge in [0.25, 0.3) is 5.91 Å². The van der Waals surface area contributed by atoms with E-state index in [0.717, 1.165) is 18.2 Å². The minimum Gasteiger partial charge on any atom is -0.318 e. The molecule has 0 saturated carbocycles. The summed E-state index contributed by atoms with van der Waals surface area (Å²) in [5, 5.41) is 4.95. The molecule has 1 aromatic carbocycles. The Morgan fingerprint density at radius 3 is 2.52 bits per heavy atom. The Kier molecular flexibility index (Phi) is 4.11. The first kappa shape index (κ1) is 15.6. The van der Waals surface area contributed by atoms with Crippen molar-refractivity contribution < 1.29 is 27.9 Å². The zero-order valence-corrected chi connectivity index (χ0v) is 11.6. The summed E-state index contributed by atoms with van der Waals surface area (Å²) in [5.41, 5.74) is -0.754. The summed E-state index contributed by atoms with van der Waals surface area (Å²) in [6.45, 7) is 0. The largest absolute Gasteiger partial charge is 0.451 e. The molecule has 1 aromatic heterocycles. The minimum absolute atomic E-state index is 0.157. The number of aromatic nitrogens is 2. The van der Waals surface area contributed by atoms with Crippen LogP contribution >= 0.6 is 19.3 Å². The summed E-state index contributed by atoms with van der Waals surface area (Å²) in [6, 6.07) is 3.39. The number of nitrogens with zero attached hydrogens (tertiary/aromatic N) is 2. The number of carbonyl (C=O) groups excluding carboxylic acids is 1. The Morgan fingerprint density at radius 1 is 1.33 bits per heavy atom. The van der Waals surface area contributed by atoms with E-state index in [9.17, 15) is 18.1 Å². The van der Waals surface area contributed by atoms with E-state index in [1.54, 1.807) is 0 Å². The fourth-order valence-corrected chi connectivity index (χ4v) is 2.38. The number of rotatable bonds is 3. The number of anilines is 1. The summed E-state index contributed by atoms with van der Waals surface area (Å²) in [4.78, 5) is 29.6. The first-order valence-electron chi connectivity index (χ1n) is 5.27. The van der Waals surface area contributed by atoms with Gasteiger partial charge in [-0.25, -0.2) is 13.3 Å². The lowest BCUT2D eigenvalue weighted by molar-refractivity contribution is 0.102. The van der Waals surface area contributed by atoms with Crippen LogP contribution in [0.3, 0.4) is 0 Å². The van der Waals surface area contributed by atoms with E-state index in [1.807, 2.05) is 0 Å². The standard InChI is InChI=1S/C10H7ClF2N3O4P/c11-9-4-8(15-16(9)21(18,19)20)10(17)14-7-2-1-5(12)3-6(7)13/h1-4H,(H,14,17)(H2,18,19,20). The molecule has 0 radical (unpaired) electrons. The van der Waals surface area contributed by atoms with Crippen molar-refractivity contribution in [2.75, 3.05) is 5.32 Å². The molecule has 112 valence electrons. The van der Waals surface area contributed by atoms with Crippen molar-refractivity contribution in [2.45, 2.75) is 0 Å². The van der Waals surface area contributed by atoms with Crippen molar-refractivity contribution in [3.8, 4) is 0 Å². The van der Waals surface area contributed by atoms with Crippen LogP contribution in [0.5, 0.6) is 0 Å². The van der Waals surface area contributed by atoms with E-state index in [0.29, 0.717) is 6.07 Å². The van der Waals surface area contributed by atoms with Gasteiger partial charge >= 0.3 is 7.75 Å². The van der Waals surface area contributed by atoms with E-state index in [-0.39, 0.29) is 10.1 Å². The highest BCUT2D eigenvalue weighted by atomic mass is 35.5. The third-order valence-electron chi connectivity index (χ3n) is 2.31.